The molecule has 1 aliphatic rings. The smallest absolute Gasteiger partial charge is 0.231 e. The molecule has 2 aromatic heterocycles. The van der Waals surface area contributed by atoms with Crippen molar-refractivity contribution >= 4 is 11.6 Å². The molecule has 1 aliphatic carbocycles. The first-order chi connectivity index (χ1) is 9.25. The summed E-state index contributed by atoms with van der Waals surface area (Å²) in [7, 11) is 0. The molecule has 0 aromatic carbocycles. The summed E-state index contributed by atoms with van der Waals surface area (Å²) in [5.41, 5.74) is 5.87. The predicted molar refractivity (Wildman–Crippen MR) is 68.5 cm³/mol. The second-order valence-corrected chi connectivity index (χ2v) is 4.65. The van der Waals surface area contributed by atoms with E-state index in [1.165, 1.54) is 17.3 Å². The van der Waals surface area contributed by atoms with Gasteiger partial charge in [-0.1, -0.05) is 0 Å². The maximum Gasteiger partial charge on any atom is 0.231 e. The summed E-state index contributed by atoms with van der Waals surface area (Å²) < 4.78 is 1.51. The van der Waals surface area contributed by atoms with Crippen molar-refractivity contribution in [1.82, 2.24) is 19.7 Å². The summed E-state index contributed by atoms with van der Waals surface area (Å²) in [6, 6.07) is 3.55. The molecule has 3 N–H and O–H groups in total. The molecule has 0 atom stereocenters. The number of hydrogen-bond acceptors (Lipinski definition) is 5. The van der Waals surface area contributed by atoms with Gasteiger partial charge in [-0.15, -0.1) is 0 Å². The van der Waals surface area contributed by atoms with Crippen LogP contribution in [0.1, 0.15) is 12.8 Å². The molecular weight excluding hydrogens is 244 g/mol. The van der Waals surface area contributed by atoms with Crippen LogP contribution in [0.4, 0.5) is 5.69 Å². The predicted octanol–water partition coefficient (Wildman–Crippen LogP) is 0.340. The Morgan fingerprint density at radius 2 is 2.37 bits per heavy atom. The van der Waals surface area contributed by atoms with Crippen LogP contribution in [0.2, 0.25) is 0 Å². The third-order valence-corrected chi connectivity index (χ3v) is 3.40. The minimum absolute atomic E-state index is 0.0515. The minimum atomic E-state index is -0.393. The van der Waals surface area contributed by atoms with Gasteiger partial charge in [-0.05, 0) is 25.0 Å². The number of hydrogen-bond donors (Lipinski definition) is 2. The Labute approximate surface area is 109 Å². The van der Waals surface area contributed by atoms with E-state index in [1.807, 2.05) is 0 Å². The number of nitrogens with two attached hydrogens (primary N) is 1. The molecule has 7 heteroatoms. The minimum Gasteiger partial charge on any atom is -0.329 e. The number of nitrogens with one attached hydrogen (secondary N) is 1. The van der Waals surface area contributed by atoms with Crippen LogP contribution in [0.5, 0.6) is 0 Å². The fourth-order valence-electron chi connectivity index (χ4n) is 1.92. The van der Waals surface area contributed by atoms with E-state index < -0.39 is 5.41 Å². The summed E-state index contributed by atoms with van der Waals surface area (Å²) in [6.45, 7) is 0.373. The van der Waals surface area contributed by atoms with Crippen molar-refractivity contribution < 1.29 is 4.79 Å². The van der Waals surface area contributed by atoms with E-state index in [4.69, 9.17) is 5.73 Å². The fraction of sp³-hybridized carbons (Fsp3) is 0.333. The van der Waals surface area contributed by atoms with Crippen LogP contribution in [0.3, 0.4) is 0 Å². The maximum absolute atomic E-state index is 12.2. The molecule has 19 heavy (non-hydrogen) atoms. The molecule has 2 heterocycles. The third-order valence-electron chi connectivity index (χ3n) is 3.40. The Balaban J connectivity index is 1.88. The van der Waals surface area contributed by atoms with E-state index in [2.05, 4.69) is 20.4 Å². The van der Waals surface area contributed by atoms with Gasteiger partial charge >= 0.3 is 0 Å². The van der Waals surface area contributed by atoms with Crippen molar-refractivity contribution in [3.05, 3.63) is 31.0 Å². The second-order valence-electron chi connectivity index (χ2n) is 4.65. The lowest BCUT2D eigenvalue weighted by Gasteiger charge is -2.14. The first-order valence-corrected chi connectivity index (χ1v) is 6.07. The quantitative estimate of drug-likeness (QED) is 0.824. The molecule has 98 valence electrons. The normalized spacial score (nSPS) is 16.1. The zero-order valence-electron chi connectivity index (χ0n) is 10.3. The highest BCUT2D eigenvalue weighted by Gasteiger charge is 2.48. The van der Waals surface area contributed by atoms with Crippen molar-refractivity contribution in [2.24, 2.45) is 11.1 Å². The summed E-state index contributed by atoms with van der Waals surface area (Å²) in [6.07, 6.45) is 6.28. The highest BCUT2D eigenvalue weighted by Crippen LogP contribution is 2.45. The number of rotatable bonds is 4. The monoisotopic (exact) mass is 258 g/mol. The van der Waals surface area contributed by atoms with Crippen LogP contribution in [0.15, 0.2) is 31.0 Å². The van der Waals surface area contributed by atoms with Crippen molar-refractivity contribution in [3.8, 4) is 5.82 Å². The van der Waals surface area contributed by atoms with E-state index in [0.29, 0.717) is 18.1 Å². The molecule has 7 nitrogen and oxygen atoms in total. The lowest BCUT2D eigenvalue weighted by atomic mass is 10.1. The number of pyridine rings is 1. The van der Waals surface area contributed by atoms with E-state index in [0.717, 1.165) is 12.8 Å². The maximum atomic E-state index is 12.2. The molecule has 1 fully saturated rings. The molecule has 1 saturated carbocycles. The summed E-state index contributed by atoms with van der Waals surface area (Å²) >= 11 is 0. The SMILES string of the molecule is NCC1(C(=O)Nc2cccnc2-n2cncn2)CC1. The van der Waals surface area contributed by atoms with Crippen molar-refractivity contribution in [2.75, 3.05) is 11.9 Å². The summed E-state index contributed by atoms with van der Waals surface area (Å²) in [5.74, 6) is 0.491. The van der Waals surface area contributed by atoms with E-state index in [9.17, 15) is 4.79 Å². The van der Waals surface area contributed by atoms with Gasteiger partial charge < -0.3 is 11.1 Å². The molecule has 2 aromatic rings. The van der Waals surface area contributed by atoms with Gasteiger partial charge in [-0.2, -0.15) is 5.10 Å². The Hall–Kier alpha value is -2.28. The zero-order valence-corrected chi connectivity index (χ0v) is 10.3. The number of aromatic nitrogens is 4. The fourth-order valence-corrected chi connectivity index (χ4v) is 1.92. The molecular formula is C12H14N6O. The van der Waals surface area contributed by atoms with Gasteiger partial charge in [0.1, 0.15) is 12.7 Å². The van der Waals surface area contributed by atoms with Gasteiger partial charge in [-0.25, -0.2) is 14.6 Å². The molecule has 0 saturated heterocycles. The Bertz CT molecular complexity index is 590. The van der Waals surface area contributed by atoms with Gasteiger partial charge in [0.25, 0.3) is 0 Å². The number of carbonyl (C=O) groups excluding carboxylic acids is 1. The van der Waals surface area contributed by atoms with E-state index in [-0.39, 0.29) is 5.91 Å². The van der Waals surface area contributed by atoms with Gasteiger partial charge in [-0.3, -0.25) is 4.79 Å². The van der Waals surface area contributed by atoms with Gasteiger partial charge in [0.2, 0.25) is 5.91 Å². The first-order valence-electron chi connectivity index (χ1n) is 6.07. The first kappa shape index (κ1) is 11.8. The van der Waals surface area contributed by atoms with Crippen LogP contribution < -0.4 is 11.1 Å². The van der Waals surface area contributed by atoms with Crippen molar-refractivity contribution in [3.63, 3.8) is 0 Å². The highest BCUT2D eigenvalue weighted by atomic mass is 16.2. The molecule has 3 rings (SSSR count). The average Bonchev–Trinajstić information content (AvgIpc) is 3.06. The molecule has 0 aliphatic heterocycles. The summed E-state index contributed by atoms with van der Waals surface area (Å²) in [5, 5.41) is 6.90. The number of amides is 1. The average molecular weight is 258 g/mol. The van der Waals surface area contributed by atoms with Crippen LogP contribution in [-0.2, 0) is 4.79 Å². The number of nitrogens with zero attached hydrogens (tertiary/aromatic N) is 4. The third kappa shape index (κ3) is 2.08. The van der Waals surface area contributed by atoms with E-state index in [1.54, 1.807) is 18.3 Å². The molecule has 1 amide bonds. The number of anilines is 1. The van der Waals surface area contributed by atoms with E-state index >= 15 is 0 Å². The second kappa shape index (κ2) is 4.43. The molecule has 0 unspecified atom stereocenters. The molecule has 0 radical (unpaired) electrons. The largest absolute Gasteiger partial charge is 0.329 e. The Kier molecular flexibility index (Phi) is 2.75. The Morgan fingerprint density at radius 1 is 1.53 bits per heavy atom. The van der Waals surface area contributed by atoms with Crippen LogP contribution in [0.25, 0.3) is 5.82 Å². The van der Waals surface area contributed by atoms with Gasteiger partial charge in [0.15, 0.2) is 5.82 Å². The lowest BCUT2D eigenvalue weighted by Crippen LogP contribution is -2.31. The standard InChI is InChI=1S/C12H14N6O/c13-6-12(3-4-12)11(19)17-9-2-1-5-15-10(9)18-8-14-7-16-18/h1-2,5,7-8H,3-4,6,13H2,(H,17,19). The van der Waals surface area contributed by atoms with Gasteiger partial charge in [0.05, 0.1) is 11.1 Å². The lowest BCUT2D eigenvalue weighted by molar-refractivity contribution is -0.120. The van der Waals surface area contributed by atoms with Crippen molar-refractivity contribution in [2.45, 2.75) is 12.8 Å². The van der Waals surface area contributed by atoms with Crippen LogP contribution in [0, 0.1) is 5.41 Å². The van der Waals surface area contributed by atoms with Gasteiger partial charge in [0, 0.05) is 12.7 Å². The molecule has 0 bridgehead atoms. The topological polar surface area (TPSA) is 98.7 Å². The zero-order chi connectivity index (χ0) is 13.3. The Morgan fingerprint density at radius 3 is 3.00 bits per heavy atom. The van der Waals surface area contributed by atoms with Crippen LogP contribution >= 0.6 is 0 Å². The number of carbonyl (C=O) groups is 1. The molecule has 0 spiro atoms. The summed E-state index contributed by atoms with van der Waals surface area (Å²) in [4.78, 5) is 20.3. The van der Waals surface area contributed by atoms with Crippen molar-refractivity contribution in [1.29, 1.82) is 0 Å². The van der Waals surface area contributed by atoms with Crippen LogP contribution in [-0.4, -0.2) is 32.2 Å². The highest BCUT2D eigenvalue weighted by molar-refractivity contribution is 5.98.